The number of fused-ring (bicyclic) bond motifs is 2. The van der Waals surface area contributed by atoms with Gasteiger partial charge >= 0.3 is 17.9 Å². The Kier molecular flexibility index (Phi) is 47.3. The average molecular weight is 2020 g/mol. The molecule has 2 aromatic heterocycles. The van der Waals surface area contributed by atoms with Crippen molar-refractivity contribution >= 4 is 171 Å². The molecule has 6 rings (SSSR count). The molecular formula is C93H128N22O25S2. The number of unbranched alkanes of at least 4 members (excludes halogenated alkanes) is 1. The number of rotatable bonds is 62. The number of benzene rings is 4. The number of carboxylic acids is 3. The van der Waals surface area contributed by atoms with Gasteiger partial charge < -0.3 is 139 Å². The van der Waals surface area contributed by atoms with Gasteiger partial charge in [-0.1, -0.05) is 139 Å². The first-order valence-electron chi connectivity index (χ1n) is 45.8. The minimum atomic E-state index is -2.03. The quantitative estimate of drug-likeness (QED) is 0.0126. The number of thiol groups is 2. The standard InChI is InChI=1S/C93H128N22O25S2/c1-46(2)31-60(104-86(132)66(39-74(98)119)109-91(137)71(45-142)114-92(138)77(48(5)6)115-88(134)64(103-78(124)55(95)37-75(120)121)36-52-42-100-57-26-16-14-24-54(52)57)81(127)105-61(33-49-19-9-7-10-20-49)82(128)101-58(27-17-18-30-94)79(125)108-65(38-73(97)118)85(131)102-59(28-29-72(96)117)80(126)107-63(35-51-41-99-56-25-15-13-23-53(51)56)84(130)106-62(34-50-21-11-8-12-22-50)83(129)113-70(44-141)90(136)110-67(40-76(122)123)87(133)112-69(43-116)89(135)111-68(93(139)140)32-47(3)4/h7-16,19-26,41-42,46-48,55,58-71,77,99-100,116,141-142H,17-18,27-40,43-45,94-95H2,1-6H3,(H2,96,117)(H2,97,118)(H2,98,119)(H,101,128)(H,102,131)(H,103,124)(H,104,132)(H,105,127)(H,106,130)(H,107,126)(H,108,125)(H,109,137)(H,110,136)(H,111,135)(H,112,133)(H,113,129)(H,114,138)(H,115,134)(H,120,121)(H,122,123)(H,139,140)/t55-,58-,59-,60-,61-,62-,63-,64-,65-,66-,67-,68-,69-,70-,71-,77-/m0/s1. The van der Waals surface area contributed by atoms with Gasteiger partial charge in [-0.05, 0) is 97.2 Å². The summed E-state index contributed by atoms with van der Waals surface area (Å²) in [5.74, 6) is -27.3. The van der Waals surface area contributed by atoms with Crippen molar-refractivity contribution in [3.8, 4) is 0 Å². The van der Waals surface area contributed by atoms with E-state index >= 15 is 14.4 Å². The maximum Gasteiger partial charge on any atom is 0.326 e. The van der Waals surface area contributed by atoms with Gasteiger partial charge in [0, 0.05) is 77.8 Å². The fourth-order valence-corrected chi connectivity index (χ4v) is 15.5. The number of para-hydroxylation sites is 2. The summed E-state index contributed by atoms with van der Waals surface area (Å²) in [6, 6.07) is 2.29. The number of hydrogen-bond acceptors (Lipinski definition) is 26. The van der Waals surface area contributed by atoms with Crippen LogP contribution < -0.4 is 108 Å². The summed E-state index contributed by atoms with van der Waals surface area (Å²) in [7, 11) is 0. The number of carboxylic acid groups (broad SMARTS) is 3. The fourth-order valence-electron chi connectivity index (χ4n) is 15.0. The lowest BCUT2D eigenvalue weighted by Crippen LogP contribution is -2.62. The van der Waals surface area contributed by atoms with E-state index in [2.05, 4.69) is 115 Å². The molecule has 4 aromatic carbocycles. The van der Waals surface area contributed by atoms with Gasteiger partial charge in [-0.25, -0.2) is 4.79 Å². The molecule has 47 nitrogen and oxygen atoms in total. The molecule has 0 spiro atoms. The molecule has 31 N–H and O–H groups in total. The van der Waals surface area contributed by atoms with Crippen LogP contribution in [-0.2, 0) is 126 Å². The molecule has 0 aliphatic heterocycles. The topological polar surface area (TPSA) is 782 Å². The van der Waals surface area contributed by atoms with Crippen molar-refractivity contribution < 1.29 is 121 Å². The normalized spacial score (nSPS) is 14.6. The fraction of sp³-hybridized carbons (Fsp3) is 0.473. The maximum atomic E-state index is 15.2. The lowest BCUT2D eigenvalue weighted by Gasteiger charge is -2.29. The second-order valence-corrected chi connectivity index (χ2v) is 35.9. The van der Waals surface area contributed by atoms with E-state index in [9.17, 15) is 107 Å². The predicted molar refractivity (Wildman–Crippen MR) is 521 cm³/mol. The monoisotopic (exact) mass is 2020 g/mol. The number of aromatic nitrogens is 2. The Labute approximate surface area is 827 Å². The number of hydrogen-bond donors (Lipinski definition) is 28. The molecule has 16 atom stereocenters. The van der Waals surface area contributed by atoms with Gasteiger partial charge in [0.25, 0.3) is 0 Å². The minimum absolute atomic E-state index is 0.0579. The van der Waals surface area contributed by atoms with E-state index < -0.39 is 296 Å². The van der Waals surface area contributed by atoms with Crippen molar-refractivity contribution in [1.29, 1.82) is 0 Å². The van der Waals surface area contributed by atoms with E-state index in [0.29, 0.717) is 44.1 Å². The molecule has 0 fully saturated rings. The van der Waals surface area contributed by atoms with Crippen LogP contribution in [0.4, 0.5) is 0 Å². The Hall–Kier alpha value is -14.6. The van der Waals surface area contributed by atoms with Crippen LogP contribution in [0.1, 0.15) is 134 Å². The molecule has 0 saturated heterocycles. The number of amides is 18. The highest BCUT2D eigenvalue weighted by Crippen LogP contribution is 2.23. The molecule has 49 heteroatoms. The van der Waals surface area contributed by atoms with Crippen molar-refractivity contribution in [3.63, 3.8) is 0 Å². The molecule has 0 saturated carbocycles. The van der Waals surface area contributed by atoms with Crippen LogP contribution in [0.15, 0.2) is 122 Å². The minimum Gasteiger partial charge on any atom is -0.481 e. The highest BCUT2D eigenvalue weighted by Gasteiger charge is 2.41. The number of aliphatic hydroxyl groups excluding tert-OH is 1. The Morgan fingerprint density at radius 2 is 0.648 bits per heavy atom. The van der Waals surface area contributed by atoms with Crippen LogP contribution in [-0.4, -0.2) is 276 Å². The molecule has 0 unspecified atom stereocenters. The zero-order valence-electron chi connectivity index (χ0n) is 79.1. The number of aliphatic hydroxyl groups is 1. The summed E-state index contributed by atoms with van der Waals surface area (Å²) in [4.78, 5) is 297. The lowest BCUT2D eigenvalue weighted by molar-refractivity contribution is -0.144. The molecule has 0 aliphatic carbocycles. The molecule has 0 aliphatic rings. The second kappa shape index (κ2) is 57.8. The third-order valence-corrected chi connectivity index (χ3v) is 23.1. The highest BCUT2D eigenvalue weighted by atomic mass is 32.1. The second-order valence-electron chi connectivity index (χ2n) is 35.2. The number of carbonyl (C=O) groups excluding carboxylic acids is 18. The third kappa shape index (κ3) is 38.2. The molecule has 142 heavy (non-hydrogen) atoms. The summed E-state index contributed by atoms with van der Waals surface area (Å²) in [5, 5.41) is 76.9. The van der Waals surface area contributed by atoms with Crippen LogP contribution in [0.25, 0.3) is 21.8 Å². The van der Waals surface area contributed by atoms with E-state index in [-0.39, 0.29) is 63.8 Å². The number of H-pyrrole nitrogens is 2. The molecule has 0 radical (unpaired) electrons. The lowest BCUT2D eigenvalue weighted by atomic mass is 9.99. The maximum absolute atomic E-state index is 15.2. The van der Waals surface area contributed by atoms with Gasteiger partial charge in [0.05, 0.1) is 38.3 Å². The molecule has 6 aromatic rings. The van der Waals surface area contributed by atoms with E-state index in [0.717, 1.165) is 0 Å². The van der Waals surface area contributed by atoms with Crippen molar-refractivity contribution in [3.05, 3.63) is 144 Å². The number of carbonyl (C=O) groups is 21. The third-order valence-electron chi connectivity index (χ3n) is 22.4. The smallest absolute Gasteiger partial charge is 0.326 e. The first kappa shape index (κ1) is 116. The molecule has 0 bridgehead atoms. The van der Waals surface area contributed by atoms with Gasteiger partial charge in [0.15, 0.2) is 0 Å². The summed E-state index contributed by atoms with van der Waals surface area (Å²) < 4.78 is 0. The van der Waals surface area contributed by atoms with Gasteiger partial charge in [-0.15, -0.1) is 0 Å². The van der Waals surface area contributed by atoms with E-state index in [1.165, 1.54) is 6.20 Å². The van der Waals surface area contributed by atoms with Crippen LogP contribution in [0, 0.1) is 17.8 Å². The Balaban J connectivity index is 1.24. The Bertz CT molecular complexity index is 5440. The van der Waals surface area contributed by atoms with Gasteiger partial charge in [-0.2, -0.15) is 25.3 Å². The Morgan fingerprint density at radius 3 is 1.04 bits per heavy atom. The van der Waals surface area contributed by atoms with E-state index in [4.69, 9.17) is 28.7 Å². The van der Waals surface area contributed by atoms with Gasteiger partial charge in [0.1, 0.15) is 90.6 Å². The number of aromatic amines is 2. The summed E-state index contributed by atoms with van der Waals surface area (Å²) in [5.41, 5.74) is 31.7. The number of nitrogens with two attached hydrogens (primary N) is 5. The van der Waals surface area contributed by atoms with Crippen LogP contribution >= 0.6 is 25.3 Å². The predicted octanol–water partition coefficient (Wildman–Crippen LogP) is -4.70. The first-order valence-corrected chi connectivity index (χ1v) is 47.0. The van der Waals surface area contributed by atoms with Gasteiger partial charge in [0.2, 0.25) is 106 Å². The number of aliphatic carboxylic acids is 3. The van der Waals surface area contributed by atoms with Crippen molar-refractivity contribution in [2.75, 3.05) is 24.7 Å². The molecular weight excluding hydrogens is 1890 g/mol. The largest absolute Gasteiger partial charge is 0.481 e. The number of nitrogens with one attached hydrogen (secondary N) is 17. The van der Waals surface area contributed by atoms with Crippen molar-refractivity contribution in [2.24, 2.45) is 46.4 Å². The van der Waals surface area contributed by atoms with Crippen molar-refractivity contribution in [2.45, 2.75) is 235 Å². The Morgan fingerprint density at radius 1 is 0.331 bits per heavy atom. The zero-order valence-corrected chi connectivity index (χ0v) is 80.9. The summed E-state index contributed by atoms with van der Waals surface area (Å²) in [6.45, 7) is 8.71. The molecule has 2 heterocycles. The van der Waals surface area contributed by atoms with Crippen LogP contribution in [0.5, 0.6) is 0 Å². The molecule has 18 amide bonds. The van der Waals surface area contributed by atoms with Crippen LogP contribution in [0.2, 0.25) is 0 Å². The SMILES string of the molecule is CC(C)C[C@H](NC(=O)[C@H](CO)NC(=O)[C@H](CC(=O)O)NC(=O)[C@H](CS)NC(=O)[C@H](Cc1ccccc1)NC(=O)[C@H](Cc1c[nH]c2ccccc12)NC(=O)[C@H](CCC(N)=O)NC(=O)[C@H](CC(N)=O)NC(=O)[C@H](CCCCN)NC(=O)[C@H](Cc1ccccc1)NC(=O)[C@H](CC(C)C)NC(=O)[C@H](CC(N)=O)NC(=O)[C@H](CS)NC(=O)[C@@H](NC(=O)[C@H](Cc1c[nH]c2ccccc12)NC(=O)[C@@H](N)CC(=O)O)C(C)C)C(=O)O. The summed E-state index contributed by atoms with van der Waals surface area (Å²) in [6.07, 6.45) is -3.49. The summed E-state index contributed by atoms with van der Waals surface area (Å²) >= 11 is 8.52. The van der Waals surface area contributed by atoms with E-state index in [1.807, 2.05) is 0 Å². The molecule has 772 valence electrons. The van der Waals surface area contributed by atoms with E-state index in [1.54, 1.807) is 157 Å². The van der Waals surface area contributed by atoms with Gasteiger partial charge in [-0.3, -0.25) is 95.9 Å². The van der Waals surface area contributed by atoms with Crippen molar-refractivity contribution in [1.82, 2.24) is 89.7 Å². The average Bonchev–Trinajstić information content (AvgIpc) is 1.58. The number of primary amides is 3. The van der Waals surface area contributed by atoms with Crippen LogP contribution in [0.3, 0.4) is 0 Å². The highest BCUT2D eigenvalue weighted by molar-refractivity contribution is 7.80. The zero-order chi connectivity index (χ0) is 105. The first-order chi connectivity index (χ1) is 67.2.